The van der Waals surface area contributed by atoms with Crippen LogP contribution in [0.4, 0.5) is 0 Å². The van der Waals surface area contributed by atoms with Gasteiger partial charge in [0.1, 0.15) is 5.78 Å². The number of carbonyl (C=O) groups is 3. The highest BCUT2D eigenvalue weighted by Gasteiger charge is 2.34. The standard InChI is InChI=1S/C11H16O4/c1-3-15-11(14)10(13)6-9(12)8-5-4-7(8)2/h7-8H,3-6H2,1-2H3/t7-,8-/m0/s1. The van der Waals surface area contributed by atoms with Crippen LogP contribution >= 0.6 is 0 Å². The summed E-state index contributed by atoms with van der Waals surface area (Å²) in [5.74, 6) is -1.40. The summed E-state index contributed by atoms with van der Waals surface area (Å²) in [7, 11) is 0. The summed E-state index contributed by atoms with van der Waals surface area (Å²) in [4.78, 5) is 33.7. The minimum absolute atomic E-state index is 0.0247. The molecule has 1 aliphatic carbocycles. The summed E-state index contributed by atoms with van der Waals surface area (Å²) in [5.41, 5.74) is 0. The highest BCUT2D eigenvalue weighted by Crippen LogP contribution is 2.34. The number of hydrogen-bond donors (Lipinski definition) is 0. The van der Waals surface area contributed by atoms with Crippen molar-refractivity contribution in [3.8, 4) is 0 Å². The Kier molecular flexibility index (Phi) is 4.00. The van der Waals surface area contributed by atoms with Crippen LogP contribution in [0.3, 0.4) is 0 Å². The normalized spacial score (nSPS) is 24.1. The van der Waals surface area contributed by atoms with Crippen LogP contribution in [-0.4, -0.2) is 24.1 Å². The van der Waals surface area contributed by atoms with Gasteiger partial charge in [-0.25, -0.2) is 4.79 Å². The summed E-state index contributed by atoms with van der Waals surface area (Å²) < 4.78 is 4.52. The zero-order valence-corrected chi connectivity index (χ0v) is 9.12. The molecule has 0 spiro atoms. The first-order valence-electron chi connectivity index (χ1n) is 5.29. The molecular formula is C11H16O4. The smallest absolute Gasteiger partial charge is 0.375 e. The molecule has 2 atom stereocenters. The van der Waals surface area contributed by atoms with Crippen LogP contribution in [0, 0.1) is 11.8 Å². The van der Waals surface area contributed by atoms with Gasteiger partial charge in [-0.1, -0.05) is 6.92 Å². The van der Waals surface area contributed by atoms with E-state index in [2.05, 4.69) is 4.74 Å². The Bertz CT molecular complexity index is 282. The Morgan fingerprint density at radius 1 is 1.27 bits per heavy atom. The number of rotatable bonds is 5. The molecule has 4 nitrogen and oxygen atoms in total. The first-order chi connectivity index (χ1) is 7.06. The highest BCUT2D eigenvalue weighted by atomic mass is 16.5. The minimum atomic E-state index is -0.891. The Balaban J connectivity index is 2.37. The van der Waals surface area contributed by atoms with Crippen molar-refractivity contribution in [2.24, 2.45) is 11.8 Å². The summed E-state index contributed by atoms with van der Waals surface area (Å²) in [6, 6.07) is 0. The topological polar surface area (TPSA) is 60.4 Å². The number of ketones is 2. The zero-order valence-electron chi connectivity index (χ0n) is 9.12. The van der Waals surface area contributed by atoms with E-state index in [1.54, 1.807) is 6.92 Å². The van der Waals surface area contributed by atoms with Crippen LogP contribution in [0.25, 0.3) is 0 Å². The Morgan fingerprint density at radius 2 is 1.93 bits per heavy atom. The molecule has 0 radical (unpaired) electrons. The van der Waals surface area contributed by atoms with Crippen LogP contribution in [-0.2, 0) is 19.1 Å². The average molecular weight is 212 g/mol. The fraction of sp³-hybridized carbons (Fsp3) is 0.727. The van der Waals surface area contributed by atoms with Crippen LogP contribution in [0.5, 0.6) is 0 Å². The quantitative estimate of drug-likeness (QED) is 0.389. The fourth-order valence-electron chi connectivity index (χ4n) is 1.72. The monoisotopic (exact) mass is 212 g/mol. The van der Waals surface area contributed by atoms with Crippen molar-refractivity contribution in [3.63, 3.8) is 0 Å². The van der Waals surface area contributed by atoms with E-state index in [0.717, 1.165) is 12.8 Å². The van der Waals surface area contributed by atoms with Gasteiger partial charge in [-0.05, 0) is 25.7 Å². The third-order valence-corrected chi connectivity index (χ3v) is 2.87. The lowest BCUT2D eigenvalue weighted by atomic mass is 9.72. The molecule has 0 saturated heterocycles. The molecule has 0 N–H and O–H groups in total. The molecule has 1 rings (SSSR count). The van der Waals surface area contributed by atoms with E-state index in [9.17, 15) is 14.4 Å². The van der Waals surface area contributed by atoms with Crippen molar-refractivity contribution in [3.05, 3.63) is 0 Å². The first-order valence-corrected chi connectivity index (χ1v) is 5.29. The molecule has 0 unspecified atom stereocenters. The molecule has 0 aromatic rings. The maximum Gasteiger partial charge on any atom is 0.375 e. The Morgan fingerprint density at radius 3 is 2.33 bits per heavy atom. The van der Waals surface area contributed by atoms with E-state index in [1.165, 1.54) is 0 Å². The van der Waals surface area contributed by atoms with E-state index in [-0.39, 0.29) is 24.7 Å². The van der Waals surface area contributed by atoms with Gasteiger partial charge in [-0.3, -0.25) is 9.59 Å². The number of Topliss-reactive ketones (excluding diaryl/α,β-unsaturated/α-hetero) is 2. The molecule has 84 valence electrons. The molecule has 0 heterocycles. The van der Waals surface area contributed by atoms with Gasteiger partial charge in [0.25, 0.3) is 0 Å². The van der Waals surface area contributed by atoms with Crippen LogP contribution in [0.1, 0.15) is 33.1 Å². The zero-order chi connectivity index (χ0) is 11.4. The largest absolute Gasteiger partial charge is 0.460 e. The molecule has 4 heteroatoms. The van der Waals surface area contributed by atoms with Crippen LogP contribution in [0.2, 0.25) is 0 Å². The van der Waals surface area contributed by atoms with Gasteiger partial charge in [0, 0.05) is 5.92 Å². The second-order valence-corrected chi connectivity index (χ2v) is 3.95. The third kappa shape index (κ3) is 2.88. The van der Waals surface area contributed by atoms with E-state index in [4.69, 9.17) is 0 Å². The molecule has 0 aromatic heterocycles. The molecule has 1 aliphatic rings. The van der Waals surface area contributed by atoms with Crippen molar-refractivity contribution in [1.82, 2.24) is 0 Å². The summed E-state index contributed by atoms with van der Waals surface area (Å²) in [5, 5.41) is 0. The van der Waals surface area contributed by atoms with Crippen LogP contribution in [0.15, 0.2) is 0 Å². The highest BCUT2D eigenvalue weighted by molar-refractivity contribution is 6.37. The van der Waals surface area contributed by atoms with Gasteiger partial charge in [0.15, 0.2) is 0 Å². The lowest BCUT2D eigenvalue weighted by molar-refractivity contribution is -0.155. The second-order valence-electron chi connectivity index (χ2n) is 3.95. The van der Waals surface area contributed by atoms with E-state index >= 15 is 0 Å². The van der Waals surface area contributed by atoms with Crippen molar-refractivity contribution in [2.45, 2.75) is 33.1 Å². The van der Waals surface area contributed by atoms with Crippen LogP contribution < -0.4 is 0 Å². The van der Waals surface area contributed by atoms with E-state index in [1.807, 2.05) is 6.92 Å². The Hall–Kier alpha value is -1.19. The van der Waals surface area contributed by atoms with E-state index in [0.29, 0.717) is 5.92 Å². The van der Waals surface area contributed by atoms with Gasteiger partial charge in [0.05, 0.1) is 13.0 Å². The van der Waals surface area contributed by atoms with Gasteiger partial charge < -0.3 is 4.74 Å². The summed E-state index contributed by atoms with van der Waals surface area (Å²) >= 11 is 0. The Labute approximate surface area is 89.0 Å². The molecule has 0 amide bonds. The number of esters is 1. The maximum atomic E-state index is 11.5. The molecule has 15 heavy (non-hydrogen) atoms. The van der Waals surface area contributed by atoms with Crippen molar-refractivity contribution >= 4 is 17.5 Å². The van der Waals surface area contributed by atoms with Crippen molar-refractivity contribution in [2.75, 3.05) is 6.61 Å². The van der Waals surface area contributed by atoms with Gasteiger partial charge in [-0.2, -0.15) is 0 Å². The number of carbonyl (C=O) groups excluding carboxylic acids is 3. The fourth-order valence-corrected chi connectivity index (χ4v) is 1.72. The summed E-state index contributed by atoms with van der Waals surface area (Å²) in [6.45, 7) is 3.78. The third-order valence-electron chi connectivity index (χ3n) is 2.87. The average Bonchev–Trinajstić information content (AvgIpc) is 2.15. The van der Waals surface area contributed by atoms with Gasteiger partial charge in [-0.15, -0.1) is 0 Å². The van der Waals surface area contributed by atoms with Gasteiger partial charge >= 0.3 is 5.97 Å². The predicted molar refractivity (Wildman–Crippen MR) is 53.2 cm³/mol. The SMILES string of the molecule is CCOC(=O)C(=O)CC(=O)[C@H]1CC[C@@H]1C. The summed E-state index contributed by atoms with van der Waals surface area (Å²) in [6.07, 6.45) is 1.58. The van der Waals surface area contributed by atoms with Gasteiger partial charge in [0.2, 0.25) is 5.78 Å². The lowest BCUT2D eigenvalue weighted by Gasteiger charge is -2.32. The minimum Gasteiger partial charge on any atom is -0.460 e. The lowest BCUT2D eigenvalue weighted by Crippen LogP contribution is -2.33. The van der Waals surface area contributed by atoms with Crippen molar-refractivity contribution in [1.29, 1.82) is 0 Å². The van der Waals surface area contributed by atoms with E-state index < -0.39 is 11.8 Å². The second kappa shape index (κ2) is 5.05. The van der Waals surface area contributed by atoms with Crippen molar-refractivity contribution < 1.29 is 19.1 Å². The molecule has 0 aromatic carbocycles. The molecular weight excluding hydrogens is 196 g/mol. The molecule has 1 fully saturated rings. The number of ether oxygens (including phenoxy) is 1. The first kappa shape index (κ1) is 11.9. The predicted octanol–water partition coefficient (Wildman–Crippen LogP) is 1.12. The molecule has 0 bridgehead atoms. The number of hydrogen-bond acceptors (Lipinski definition) is 4. The maximum absolute atomic E-state index is 11.5. The molecule has 1 saturated carbocycles. The molecule has 0 aliphatic heterocycles.